The van der Waals surface area contributed by atoms with Crippen LogP contribution in [0.1, 0.15) is 76.7 Å². The molecule has 0 radical (unpaired) electrons. The molecule has 1 aromatic heterocycles. The number of hydrogen-bond acceptors (Lipinski definition) is 6. The highest BCUT2D eigenvalue weighted by Gasteiger charge is 2.39. The predicted molar refractivity (Wildman–Crippen MR) is 147 cm³/mol. The number of aliphatic hydroxyl groups is 1. The fraction of sp³-hybridized carbons (Fsp3) is 0.692. The van der Waals surface area contributed by atoms with Crippen LogP contribution in [0.3, 0.4) is 0 Å². The number of rotatable bonds is 13. The number of aromatic carboxylic acids is 1. The van der Waals surface area contributed by atoms with E-state index in [1.165, 1.54) is 16.9 Å². The van der Waals surface area contributed by atoms with Crippen LogP contribution in [-0.2, 0) is 4.43 Å². The standard InChI is InChI=1S/C26H43NO4S2Si/c1-18(2)11-13-20(31-34(6,7)26(3,4)5)10-8-9-19-12-14-23(28)21(19)15-16-32-25-27-22(17-33-25)24(29)30/h8-9,17,19-21,23,28H,1,10-16H2,2-7H3,(H,29,30). The van der Waals surface area contributed by atoms with Gasteiger partial charge in [0.05, 0.1) is 6.10 Å². The molecule has 0 bridgehead atoms. The Balaban J connectivity index is 1.93. The summed E-state index contributed by atoms with van der Waals surface area (Å²) in [7, 11) is -1.85. The molecule has 1 fully saturated rings. The minimum Gasteiger partial charge on any atom is -0.476 e. The molecule has 1 aliphatic carbocycles. The summed E-state index contributed by atoms with van der Waals surface area (Å²) in [6, 6.07) is 0. The van der Waals surface area contributed by atoms with E-state index in [1.807, 2.05) is 0 Å². The second kappa shape index (κ2) is 12.9. The molecule has 2 N–H and O–H groups in total. The molecule has 34 heavy (non-hydrogen) atoms. The van der Waals surface area contributed by atoms with Gasteiger partial charge in [-0.3, -0.25) is 0 Å². The number of nitrogens with zero attached hydrogens (tertiary/aromatic N) is 1. The van der Waals surface area contributed by atoms with Gasteiger partial charge >= 0.3 is 5.97 Å². The number of aliphatic hydroxyl groups excluding tert-OH is 1. The lowest BCUT2D eigenvalue weighted by Gasteiger charge is -2.39. The van der Waals surface area contributed by atoms with E-state index in [2.05, 4.69) is 64.5 Å². The van der Waals surface area contributed by atoms with Gasteiger partial charge in [0.25, 0.3) is 0 Å². The summed E-state index contributed by atoms with van der Waals surface area (Å²) in [5.74, 6) is 0.446. The van der Waals surface area contributed by atoms with Crippen LogP contribution in [-0.4, -0.2) is 47.4 Å². The van der Waals surface area contributed by atoms with Gasteiger partial charge in [-0.25, -0.2) is 9.78 Å². The maximum Gasteiger partial charge on any atom is 0.355 e. The first-order chi connectivity index (χ1) is 15.8. The molecular formula is C26H43NO4S2Si. The van der Waals surface area contributed by atoms with Gasteiger partial charge in [0.2, 0.25) is 0 Å². The van der Waals surface area contributed by atoms with E-state index >= 15 is 0 Å². The highest BCUT2D eigenvalue weighted by Crippen LogP contribution is 2.39. The lowest BCUT2D eigenvalue weighted by molar-refractivity contribution is 0.0690. The third-order valence-corrected chi connectivity index (χ3v) is 13.8. The highest BCUT2D eigenvalue weighted by atomic mass is 32.2. The van der Waals surface area contributed by atoms with Crippen molar-refractivity contribution in [3.63, 3.8) is 0 Å². The summed E-state index contributed by atoms with van der Waals surface area (Å²) < 4.78 is 7.52. The first-order valence-electron chi connectivity index (χ1n) is 12.3. The van der Waals surface area contributed by atoms with Crippen molar-refractivity contribution in [2.45, 2.75) is 101 Å². The van der Waals surface area contributed by atoms with Gasteiger partial charge in [-0.1, -0.05) is 50.3 Å². The van der Waals surface area contributed by atoms with Gasteiger partial charge in [0.1, 0.15) is 0 Å². The average Bonchev–Trinajstić information content (AvgIpc) is 3.33. The number of carboxylic acids is 1. The smallest absolute Gasteiger partial charge is 0.355 e. The number of hydrogen-bond donors (Lipinski definition) is 2. The van der Waals surface area contributed by atoms with Crippen molar-refractivity contribution in [2.75, 3.05) is 5.75 Å². The van der Waals surface area contributed by atoms with Gasteiger partial charge in [-0.15, -0.1) is 17.9 Å². The molecule has 4 atom stereocenters. The molecule has 1 saturated carbocycles. The van der Waals surface area contributed by atoms with Gasteiger partial charge in [-0.2, -0.15) is 0 Å². The van der Waals surface area contributed by atoms with E-state index in [9.17, 15) is 9.90 Å². The Labute approximate surface area is 215 Å². The van der Waals surface area contributed by atoms with E-state index in [0.29, 0.717) is 5.92 Å². The van der Waals surface area contributed by atoms with Gasteiger partial charge in [-0.05, 0) is 75.4 Å². The topological polar surface area (TPSA) is 79.7 Å². The van der Waals surface area contributed by atoms with E-state index in [0.717, 1.165) is 48.6 Å². The van der Waals surface area contributed by atoms with Crippen LogP contribution in [0.15, 0.2) is 34.0 Å². The normalized spacial score (nSPS) is 22.4. The number of thiazole rings is 1. The molecule has 4 unspecified atom stereocenters. The number of carbonyl (C=O) groups is 1. The van der Waals surface area contributed by atoms with Crippen molar-refractivity contribution in [3.8, 4) is 0 Å². The van der Waals surface area contributed by atoms with Crippen molar-refractivity contribution in [1.82, 2.24) is 4.98 Å². The highest BCUT2D eigenvalue weighted by molar-refractivity contribution is 8.01. The third kappa shape index (κ3) is 8.93. The molecule has 0 spiro atoms. The summed E-state index contributed by atoms with van der Waals surface area (Å²) in [4.78, 5) is 15.2. The van der Waals surface area contributed by atoms with Crippen LogP contribution < -0.4 is 0 Å². The molecular weight excluding hydrogens is 483 g/mol. The van der Waals surface area contributed by atoms with E-state index in [-0.39, 0.29) is 28.9 Å². The number of thioether (sulfide) groups is 1. The molecule has 1 heterocycles. The van der Waals surface area contributed by atoms with E-state index in [4.69, 9.17) is 9.53 Å². The van der Waals surface area contributed by atoms with Crippen molar-refractivity contribution in [2.24, 2.45) is 11.8 Å². The average molecular weight is 526 g/mol. The summed E-state index contributed by atoms with van der Waals surface area (Å²) in [5, 5.41) is 21.4. The van der Waals surface area contributed by atoms with Gasteiger partial charge in [0.15, 0.2) is 18.4 Å². The monoisotopic (exact) mass is 525 g/mol. The number of aromatic nitrogens is 1. The van der Waals surface area contributed by atoms with Gasteiger partial charge in [0, 0.05) is 17.2 Å². The summed E-state index contributed by atoms with van der Waals surface area (Å²) in [5.41, 5.74) is 1.30. The van der Waals surface area contributed by atoms with Crippen molar-refractivity contribution in [1.29, 1.82) is 0 Å². The maximum atomic E-state index is 11.0. The second-order valence-corrected chi connectivity index (χ2v) is 18.0. The predicted octanol–water partition coefficient (Wildman–Crippen LogP) is 7.40. The largest absolute Gasteiger partial charge is 0.476 e. The molecule has 0 saturated heterocycles. The van der Waals surface area contributed by atoms with Gasteiger partial charge < -0.3 is 14.6 Å². The Kier molecular flexibility index (Phi) is 11.1. The maximum absolute atomic E-state index is 11.0. The first-order valence-corrected chi connectivity index (χ1v) is 17.1. The second-order valence-electron chi connectivity index (χ2n) is 11.1. The van der Waals surface area contributed by atoms with Crippen LogP contribution in [0.4, 0.5) is 0 Å². The van der Waals surface area contributed by atoms with Crippen molar-refractivity contribution in [3.05, 3.63) is 35.4 Å². The van der Waals surface area contributed by atoms with Crippen molar-refractivity contribution >= 4 is 37.4 Å². The SMILES string of the molecule is C=C(C)CCC(CC=CC1CCC(O)C1CCSc1nc(C(=O)O)cs1)O[Si](C)(C)C(C)(C)C. The van der Waals surface area contributed by atoms with E-state index < -0.39 is 14.3 Å². The molecule has 0 aromatic carbocycles. The fourth-order valence-electron chi connectivity index (χ4n) is 4.06. The Hall–Kier alpha value is -0.933. The van der Waals surface area contributed by atoms with Crippen molar-refractivity contribution < 1.29 is 19.4 Å². The molecule has 2 rings (SSSR count). The third-order valence-electron chi connectivity index (χ3n) is 7.16. The zero-order chi connectivity index (χ0) is 25.5. The van der Waals surface area contributed by atoms with E-state index in [1.54, 1.807) is 17.1 Å². The molecule has 5 nitrogen and oxygen atoms in total. The minimum absolute atomic E-state index is 0.107. The minimum atomic E-state index is -1.85. The molecule has 0 amide bonds. The van der Waals surface area contributed by atoms with Crippen LogP contribution >= 0.6 is 23.1 Å². The molecule has 8 heteroatoms. The fourth-order valence-corrected chi connectivity index (χ4v) is 7.37. The molecule has 192 valence electrons. The Bertz CT molecular complexity index is 846. The Morgan fingerprint density at radius 1 is 1.41 bits per heavy atom. The molecule has 0 aliphatic heterocycles. The Morgan fingerprint density at radius 3 is 2.71 bits per heavy atom. The summed E-state index contributed by atoms with van der Waals surface area (Å²) in [6.07, 6.45) is 10.1. The summed E-state index contributed by atoms with van der Waals surface area (Å²) >= 11 is 2.95. The van der Waals surface area contributed by atoms with Crippen LogP contribution in [0, 0.1) is 11.8 Å². The van der Waals surface area contributed by atoms with Crippen LogP contribution in [0.2, 0.25) is 18.1 Å². The first kappa shape index (κ1) is 29.3. The Morgan fingerprint density at radius 2 is 2.12 bits per heavy atom. The number of allylic oxidation sites excluding steroid dienone is 2. The summed E-state index contributed by atoms with van der Waals surface area (Å²) in [6.45, 7) is 17.6. The quantitative estimate of drug-likeness (QED) is 0.159. The van der Waals surface area contributed by atoms with Crippen LogP contribution in [0.5, 0.6) is 0 Å². The lowest BCUT2D eigenvalue weighted by Crippen LogP contribution is -2.43. The zero-order valence-electron chi connectivity index (χ0n) is 21.7. The molecule has 1 aromatic rings. The lowest BCUT2D eigenvalue weighted by atomic mass is 9.91. The number of carboxylic acid groups (broad SMARTS) is 1. The molecule has 1 aliphatic rings. The van der Waals surface area contributed by atoms with Crippen LogP contribution in [0.25, 0.3) is 0 Å². The zero-order valence-corrected chi connectivity index (χ0v) is 24.3.